The highest BCUT2D eigenvalue weighted by Crippen LogP contribution is 2.22. The van der Waals surface area contributed by atoms with Crippen LogP contribution in [-0.2, 0) is 9.59 Å². The Bertz CT molecular complexity index is 772. The molecule has 0 bridgehead atoms. The standard InChI is InChI=1S/C17H15Cl2N3O3/c1-2-25-12-8-6-11(7-9-12)21-16(23)17(24)22-20-10-13-14(18)4-3-5-15(13)19/h3-10H,2H2,1H3,(H,21,23)(H,22,24)/b20-10-. The summed E-state index contributed by atoms with van der Waals surface area (Å²) in [5, 5.41) is 6.90. The number of benzene rings is 2. The van der Waals surface area contributed by atoms with Gasteiger partial charge < -0.3 is 10.1 Å². The maximum absolute atomic E-state index is 11.8. The summed E-state index contributed by atoms with van der Waals surface area (Å²) >= 11 is 11.9. The van der Waals surface area contributed by atoms with Crippen molar-refractivity contribution in [1.82, 2.24) is 5.43 Å². The van der Waals surface area contributed by atoms with Gasteiger partial charge in [-0.2, -0.15) is 5.10 Å². The van der Waals surface area contributed by atoms with Crippen molar-refractivity contribution in [2.45, 2.75) is 6.92 Å². The van der Waals surface area contributed by atoms with Gasteiger partial charge in [-0.1, -0.05) is 29.3 Å². The fourth-order valence-corrected chi connectivity index (χ4v) is 2.32. The van der Waals surface area contributed by atoms with E-state index in [0.29, 0.717) is 33.7 Å². The van der Waals surface area contributed by atoms with Crippen LogP contribution in [0, 0.1) is 0 Å². The average Bonchev–Trinajstić information content (AvgIpc) is 2.59. The molecule has 0 saturated carbocycles. The number of carbonyl (C=O) groups excluding carboxylic acids is 2. The number of ether oxygens (including phenoxy) is 1. The van der Waals surface area contributed by atoms with Gasteiger partial charge in [0, 0.05) is 11.3 Å². The van der Waals surface area contributed by atoms with E-state index in [1.54, 1.807) is 42.5 Å². The topological polar surface area (TPSA) is 79.8 Å². The molecule has 0 atom stereocenters. The third kappa shape index (κ3) is 5.48. The summed E-state index contributed by atoms with van der Waals surface area (Å²) < 4.78 is 5.30. The molecular formula is C17H15Cl2N3O3. The number of nitrogens with one attached hydrogen (secondary N) is 2. The Hall–Kier alpha value is -2.57. The lowest BCUT2D eigenvalue weighted by atomic mass is 10.2. The second kappa shape index (κ2) is 9.05. The molecule has 25 heavy (non-hydrogen) atoms. The Balaban J connectivity index is 1.92. The molecule has 0 heterocycles. The molecule has 0 unspecified atom stereocenters. The summed E-state index contributed by atoms with van der Waals surface area (Å²) in [4.78, 5) is 23.6. The van der Waals surface area contributed by atoms with Crippen LogP contribution in [0.15, 0.2) is 47.6 Å². The van der Waals surface area contributed by atoms with Crippen LogP contribution in [0.3, 0.4) is 0 Å². The first-order valence-corrected chi connectivity index (χ1v) is 8.08. The molecule has 8 heteroatoms. The first-order valence-electron chi connectivity index (χ1n) is 7.32. The quantitative estimate of drug-likeness (QED) is 0.474. The Morgan fingerprint density at radius 1 is 1.08 bits per heavy atom. The monoisotopic (exact) mass is 379 g/mol. The van der Waals surface area contributed by atoms with E-state index >= 15 is 0 Å². The molecule has 0 radical (unpaired) electrons. The van der Waals surface area contributed by atoms with Crippen molar-refractivity contribution in [1.29, 1.82) is 0 Å². The second-order valence-corrected chi connectivity index (χ2v) is 5.56. The molecule has 0 aliphatic heterocycles. The van der Waals surface area contributed by atoms with Crippen molar-refractivity contribution in [3.8, 4) is 5.75 Å². The zero-order chi connectivity index (χ0) is 18.2. The number of carbonyl (C=O) groups is 2. The van der Waals surface area contributed by atoms with Crippen LogP contribution in [-0.4, -0.2) is 24.6 Å². The molecule has 2 rings (SSSR count). The van der Waals surface area contributed by atoms with E-state index < -0.39 is 11.8 Å². The summed E-state index contributed by atoms with van der Waals surface area (Å²) in [6, 6.07) is 11.6. The van der Waals surface area contributed by atoms with E-state index in [9.17, 15) is 9.59 Å². The van der Waals surface area contributed by atoms with Crippen molar-refractivity contribution in [3.05, 3.63) is 58.1 Å². The number of hydrogen-bond donors (Lipinski definition) is 2. The zero-order valence-electron chi connectivity index (χ0n) is 13.3. The van der Waals surface area contributed by atoms with Gasteiger partial charge in [-0.3, -0.25) is 9.59 Å². The van der Waals surface area contributed by atoms with Gasteiger partial charge in [0.25, 0.3) is 0 Å². The lowest BCUT2D eigenvalue weighted by molar-refractivity contribution is -0.136. The molecular weight excluding hydrogens is 365 g/mol. The maximum Gasteiger partial charge on any atom is 0.329 e. The fraction of sp³-hybridized carbons (Fsp3) is 0.118. The Morgan fingerprint density at radius 3 is 2.32 bits per heavy atom. The predicted molar refractivity (Wildman–Crippen MR) is 98.4 cm³/mol. The molecule has 0 aliphatic rings. The van der Waals surface area contributed by atoms with Crippen LogP contribution < -0.4 is 15.5 Å². The lowest BCUT2D eigenvalue weighted by Crippen LogP contribution is -2.32. The molecule has 2 aromatic carbocycles. The number of amides is 2. The lowest BCUT2D eigenvalue weighted by Gasteiger charge is -2.06. The van der Waals surface area contributed by atoms with Crippen LogP contribution >= 0.6 is 23.2 Å². The van der Waals surface area contributed by atoms with Gasteiger partial charge in [0.1, 0.15) is 5.75 Å². The molecule has 0 aromatic heterocycles. The van der Waals surface area contributed by atoms with Crippen molar-refractivity contribution in [2.24, 2.45) is 5.10 Å². The summed E-state index contributed by atoms with van der Waals surface area (Å²) in [5.41, 5.74) is 3.02. The molecule has 6 nitrogen and oxygen atoms in total. The minimum Gasteiger partial charge on any atom is -0.494 e. The highest BCUT2D eigenvalue weighted by molar-refractivity contribution is 6.40. The SMILES string of the molecule is CCOc1ccc(NC(=O)C(=O)N/N=C\c2c(Cl)cccc2Cl)cc1. The Kier molecular flexibility index (Phi) is 6.80. The van der Waals surface area contributed by atoms with Crippen molar-refractivity contribution in [3.63, 3.8) is 0 Å². The van der Waals surface area contributed by atoms with E-state index in [1.807, 2.05) is 6.92 Å². The smallest absolute Gasteiger partial charge is 0.329 e. The first-order chi connectivity index (χ1) is 12.0. The van der Waals surface area contributed by atoms with Gasteiger partial charge in [0.15, 0.2) is 0 Å². The van der Waals surface area contributed by atoms with Crippen LogP contribution in [0.1, 0.15) is 12.5 Å². The normalized spacial score (nSPS) is 10.5. The van der Waals surface area contributed by atoms with E-state index in [1.165, 1.54) is 6.21 Å². The van der Waals surface area contributed by atoms with E-state index in [2.05, 4.69) is 15.8 Å². The summed E-state index contributed by atoms with van der Waals surface area (Å²) in [6.07, 6.45) is 1.27. The number of halogens is 2. The minimum absolute atomic E-state index is 0.379. The Morgan fingerprint density at radius 2 is 1.72 bits per heavy atom. The van der Waals surface area contributed by atoms with Crippen molar-refractivity contribution in [2.75, 3.05) is 11.9 Å². The second-order valence-electron chi connectivity index (χ2n) is 4.75. The van der Waals surface area contributed by atoms with Crippen molar-refractivity contribution < 1.29 is 14.3 Å². The zero-order valence-corrected chi connectivity index (χ0v) is 14.8. The summed E-state index contributed by atoms with van der Waals surface area (Å²) in [7, 11) is 0. The highest BCUT2D eigenvalue weighted by atomic mass is 35.5. The van der Waals surface area contributed by atoms with Gasteiger partial charge in [-0.05, 0) is 43.3 Å². The van der Waals surface area contributed by atoms with Gasteiger partial charge in [-0.15, -0.1) is 0 Å². The van der Waals surface area contributed by atoms with Gasteiger partial charge >= 0.3 is 11.8 Å². The largest absolute Gasteiger partial charge is 0.494 e. The first kappa shape index (κ1) is 18.8. The van der Waals surface area contributed by atoms with Crippen LogP contribution in [0.2, 0.25) is 10.0 Å². The molecule has 2 amide bonds. The summed E-state index contributed by atoms with van der Waals surface area (Å²) in [6.45, 7) is 2.41. The molecule has 0 aliphatic carbocycles. The average molecular weight is 380 g/mol. The molecule has 2 N–H and O–H groups in total. The van der Waals surface area contributed by atoms with Gasteiger partial charge in [-0.25, -0.2) is 5.43 Å². The van der Waals surface area contributed by atoms with E-state index in [0.717, 1.165) is 0 Å². The third-order valence-electron chi connectivity index (χ3n) is 2.99. The number of rotatable bonds is 5. The van der Waals surface area contributed by atoms with E-state index in [4.69, 9.17) is 27.9 Å². The number of nitrogens with zero attached hydrogens (tertiary/aromatic N) is 1. The van der Waals surface area contributed by atoms with Crippen LogP contribution in [0.5, 0.6) is 5.75 Å². The van der Waals surface area contributed by atoms with Gasteiger partial charge in [0.2, 0.25) is 0 Å². The highest BCUT2D eigenvalue weighted by Gasteiger charge is 2.13. The van der Waals surface area contributed by atoms with Gasteiger partial charge in [0.05, 0.1) is 22.9 Å². The Labute approximate surface area is 154 Å². The van der Waals surface area contributed by atoms with Crippen molar-refractivity contribution >= 4 is 46.9 Å². The maximum atomic E-state index is 11.8. The van der Waals surface area contributed by atoms with Crippen LogP contribution in [0.4, 0.5) is 5.69 Å². The molecule has 130 valence electrons. The molecule has 0 spiro atoms. The number of hydrazone groups is 1. The van der Waals surface area contributed by atoms with Crippen LogP contribution in [0.25, 0.3) is 0 Å². The predicted octanol–water partition coefficient (Wildman–Crippen LogP) is 3.48. The molecule has 2 aromatic rings. The number of hydrogen-bond acceptors (Lipinski definition) is 4. The fourth-order valence-electron chi connectivity index (χ4n) is 1.83. The van der Waals surface area contributed by atoms with E-state index in [-0.39, 0.29) is 0 Å². The minimum atomic E-state index is -0.923. The molecule has 0 saturated heterocycles. The third-order valence-corrected chi connectivity index (χ3v) is 3.65. The number of anilines is 1. The summed E-state index contributed by atoms with van der Waals surface area (Å²) in [5.74, 6) is -1.11. The molecule has 0 fully saturated rings.